The van der Waals surface area contributed by atoms with Gasteiger partial charge in [0.05, 0.1) is 34.6 Å². The minimum Gasteiger partial charge on any atom is -0.478 e. The number of amides is 2. The number of fused-ring (bicyclic) bond motifs is 1. The number of rotatable bonds is 12. The van der Waals surface area contributed by atoms with E-state index in [-0.39, 0.29) is 29.4 Å². The first-order valence-electron chi connectivity index (χ1n) is 14.7. The largest absolute Gasteiger partial charge is 0.478 e. The Hall–Kier alpha value is -4.98. The molecule has 0 saturated carbocycles. The number of benzene rings is 3. The van der Waals surface area contributed by atoms with E-state index in [1.807, 2.05) is 18.2 Å². The van der Waals surface area contributed by atoms with Crippen LogP contribution in [0, 0.1) is 0 Å². The van der Waals surface area contributed by atoms with Crippen molar-refractivity contribution in [1.82, 2.24) is 4.90 Å². The molecule has 2 heterocycles. The van der Waals surface area contributed by atoms with Gasteiger partial charge in [-0.1, -0.05) is 36.4 Å². The Morgan fingerprint density at radius 2 is 1.70 bits per heavy atom. The number of carboxylic acid groups (broad SMARTS) is 2. The first-order valence-corrected chi connectivity index (χ1v) is 16.5. The fourth-order valence-electron chi connectivity index (χ4n) is 5.17. The quantitative estimate of drug-likeness (QED) is 0.106. The number of hydrogen-bond acceptors (Lipinski definition) is 9. The first kappa shape index (κ1) is 33.4. The Kier molecular flexibility index (Phi) is 10.7. The number of nitrogens with zero attached hydrogens (tertiary/aromatic N) is 1. The molecular weight excluding hydrogens is 643 g/mol. The average molecular weight is 674 g/mol. The van der Waals surface area contributed by atoms with E-state index in [0.717, 1.165) is 41.7 Å². The molecule has 0 fully saturated rings. The lowest BCUT2D eigenvalue weighted by Gasteiger charge is -2.27. The number of carbonyl (C=O) groups excluding carboxylic acids is 3. The van der Waals surface area contributed by atoms with Gasteiger partial charge in [-0.25, -0.2) is 14.4 Å². The SMILES string of the molecule is CCOC(=O)c1c(NC(=O)CSc2cccc(NC(=O)c3ccc(C(=O)O)cc3C(=O)O)c2)sc2c1CCN(Cc1ccccc1)C2. The van der Waals surface area contributed by atoms with E-state index in [4.69, 9.17) is 9.84 Å². The molecule has 0 saturated heterocycles. The lowest BCUT2D eigenvalue weighted by atomic mass is 10.0. The van der Waals surface area contributed by atoms with Crippen LogP contribution < -0.4 is 10.6 Å². The van der Waals surface area contributed by atoms with Gasteiger partial charge in [-0.2, -0.15) is 0 Å². The highest BCUT2D eigenvalue weighted by Gasteiger charge is 2.29. The number of ether oxygens (including phenoxy) is 1. The van der Waals surface area contributed by atoms with Crippen LogP contribution in [0.1, 0.15) is 64.4 Å². The molecule has 11 nitrogen and oxygen atoms in total. The Labute approximate surface area is 278 Å². The van der Waals surface area contributed by atoms with Crippen molar-refractivity contribution in [3.8, 4) is 0 Å². The third-order valence-electron chi connectivity index (χ3n) is 7.32. The van der Waals surface area contributed by atoms with Crippen LogP contribution in [0.15, 0.2) is 77.7 Å². The third-order valence-corrected chi connectivity index (χ3v) is 9.45. The van der Waals surface area contributed by atoms with Gasteiger partial charge < -0.3 is 25.6 Å². The summed E-state index contributed by atoms with van der Waals surface area (Å²) in [5.74, 6) is -4.24. The number of nitrogens with one attached hydrogen (secondary N) is 2. The summed E-state index contributed by atoms with van der Waals surface area (Å²) in [5.41, 5.74) is 1.99. The Morgan fingerprint density at radius 1 is 0.915 bits per heavy atom. The van der Waals surface area contributed by atoms with Gasteiger partial charge in [0.2, 0.25) is 5.91 Å². The number of hydrogen-bond donors (Lipinski definition) is 4. The number of thioether (sulfide) groups is 1. The van der Waals surface area contributed by atoms with E-state index in [0.29, 0.717) is 34.1 Å². The molecule has 0 atom stereocenters. The van der Waals surface area contributed by atoms with Crippen LogP contribution in [0.5, 0.6) is 0 Å². The summed E-state index contributed by atoms with van der Waals surface area (Å²) in [7, 11) is 0. The Bertz CT molecular complexity index is 1840. The maximum Gasteiger partial charge on any atom is 0.341 e. The van der Waals surface area contributed by atoms with Gasteiger partial charge in [0, 0.05) is 35.1 Å². The van der Waals surface area contributed by atoms with Crippen LogP contribution in [0.4, 0.5) is 10.7 Å². The molecule has 47 heavy (non-hydrogen) atoms. The smallest absolute Gasteiger partial charge is 0.341 e. The third kappa shape index (κ3) is 8.25. The first-order chi connectivity index (χ1) is 22.6. The second kappa shape index (κ2) is 15.1. The molecule has 242 valence electrons. The minimum absolute atomic E-state index is 0.0160. The molecule has 0 unspecified atom stereocenters. The van der Waals surface area contributed by atoms with Crippen LogP contribution in [0.2, 0.25) is 0 Å². The van der Waals surface area contributed by atoms with Crippen molar-refractivity contribution in [2.24, 2.45) is 0 Å². The Balaban J connectivity index is 1.24. The fraction of sp³-hybridized carbons (Fsp3) is 0.206. The molecule has 3 aromatic carbocycles. The van der Waals surface area contributed by atoms with E-state index in [2.05, 4.69) is 27.7 Å². The Morgan fingerprint density at radius 3 is 2.43 bits per heavy atom. The van der Waals surface area contributed by atoms with Gasteiger partial charge in [-0.05, 0) is 60.9 Å². The predicted octanol–water partition coefficient (Wildman–Crippen LogP) is 5.86. The molecule has 0 radical (unpaired) electrons. The molecule has 0 aliphatic carbocycles. The highest BCUT2D eigenvalue weighted by Crippen LogP contribution is 2.38. The second-order valence-corrected chi connectivity index (χ2v) is 12.7. The molecule has 1 aromatic heterocycles. The number of aromatic carboxylic acids is 2. The lowest BCUT2D eigenvalue weighted by molar-refractivity contribution is -0.113. The van der Waals surface area contributed by atoms with Gasteiger partial charge in [0.1, 0.15) is 5.00 Å². The lowest BCUT2D eigenvalue weighted by Crippen LogP contribution is -2.30. The van der Waals surface area contributed by atoms with Crippen molar-refractivity contribution >= 4 is 63.5 Å². The highest BCUT2D eigenvalue weighted by atomic mass is 32.2. The number of carbonyl (C=O) groups is 5. The molecule has 5 rings (SSSR count). The summed E-state index contributed by atoms with van der Waals surface area (Å²) >= 11 is 2.60. The predicted molar refractivity (Wildman–Crippen MR) is 179 cm³/mol. The molecule has 1 aliphatic rings. The van der Waals surface area contributed by atoms with E-state index in [1.54, 1.807) is 31.2 Å². The van der Waals surface area contributed by atoms with Crippen LogP contribution in [0.3, 0.4) is 0 Å². The summed E-state index contributed by atoms with van der Waals surface area (Å²) in [4.78, 5) is 65.9. The number of esters is 1. The van der Waals surface area contributed by atoms with E-state index in [1.165, 1.54) is 28.7 Å². The summed E-state index contributed by atoms with van der Waals surface area (Å²) in [6.07, 6.45) is 0.660. The zero-order valence-corrected chi connectivity index (χ0v) is 26.9. The van der Waals surface area contributed by atoms with Crippen molar-refractivity contribution in [3.63, 3.8) is 0 Å². The molecule has 4 N–H and O–H groups in total. The zero-order chi connectivity index (χ0) is 33.5. The summed E-state index contributed by atoms with van der Waals surface area (Å²) in [5, 5.41) is 24.7. The highest BCUT2D eigenvalue weighted by molar-refractivity contribution is 8.00. The summed E-state index contributed by atoms with van der Waals surface area (Å²) in [6.45, 7) is 4.16. The van der Waals surface area contributed by atoms with Crippen molar-refractivity contribution in [2.75, 3.05) is 29.5 Å². The van der Waals surface area contributed by atoms with Crippen molar-refractivity contribution in [3.05, 3.63) is 111 Å². The van der Waals surface area contributed by atoms with Gasteiger partial charge in [0.25, 0.3) is 5.91 Å². The zero-order valence-electron chi connectivity index (χ0n) is 25.3. The van der Waals surface area contributed by atoms with Crippen LogP contribution in [-0.4, -0.2) is 63.7 Å². The fourth-order valence-corrected chi connectivity index (χ4v) is 7.22. The number of anilines is 2. The molecule has 2 amide bonds. The van der Waals surface area contributed by atoms with Crippen molar-refractivity contribution < 1.29 is 38.9 Å². The van der Waals surface area contributed by atoms with Crippen molar-refractivity contribution in [2.45, 2.75) is 31.3 Å². The maximum absolute atomic E-state index is 13.1. The maximum atomic E-state index is 13.1. The number of thiophene rings is 1. The molecular formula is C34H31N3O8S2. The topological polar surface area (TPSA) is 162 Å². The number of carboxylic acids is 2. The monoisotopic (exact) mass is 673 g/mol. The molecule has 1 aliphatic heterocycles. The molecule has 13 heteroatoms. The van der Waals surface area contributed by atoms with E-state index >= 15 is 0 Å². The van der Waals surface area contributed by atoms with E-state index < -0.39 is 29.4 Å². The summed E-state index contributed by atoms with van der Waals surface area (Å²) in [6, 6.07) is 20.1. The summed E-state index contributed by atoms with van der Waals surface area (Å²) < 4.78 is 5.34. The molecule has 4 aromatic rings. The average Bonchev–Trinajstić information content (AvgIpc) is 3.41. The van der Waals surface area contributed by atoms with Gasteiger partial charge in [0.15, 0.2) is 0 Å². The van der Waals surface area contributed by atoms with Gasteiger partial charge in [-0.3, -0.25) is 14.5 Å². The van der Waals surface area contributed by atoms with E-state index in [9.17, 15) is 29.1 Å². The van der Waals surface area contributed by atoms with Gasteiger partial charge in [-0.15, -0.1) is 23.1 Å². The van der Waals surface area contributed by atoms with Crippen LogP contribution in [-0.2, 0) is 29.0 Å². The second-order valence-electron chi connectivity index (χ2n) is 10.6. The van der Waals surface area contributed by atoms with Gasteiger partial charge >= 0.3 is 17.9 Å². The molecule has 0 bridgehead atoms. The van der Waals surface area contributed by atoms with Crippen LogP contribution >= 0.6 is 23.1 Å². The van der Waals surface area contributed by atoms with Crippen LogP contribution in [0.25, 0.3) is 0 Å². The normalized spacial score (nSPS) is 12.5. The molecule has 0 spiro atoms. The standard InChI is InChI=1S/C34H31N3O8S2/c1-2-45-34(44)29-25-13-14-37(17-20-7-4-3-5-8-20)18-27(25)47-31(29)36-28(38)19-46-23-10-6-9-22(16-23)35-30(39)24-12-11-21(32(40)41)15-26(24)33(42)43/h3-12,15-16H,2,13-14,17-19H2,1H3,(H,35,39)(H,36,38)(H,40,41)(H,42,43). The minimum atomic E-state index is -1.43. The van der Waals surface area contributed by atoms with Crippen molar-refractivity contribution in [1.29, 1.82) is 0 Å².